The molecule has 0 aromatic heterocycles. The molecule has 5 atom stereocenters. The number of ether oxygens (including phenoxy) is 2. The van der Waals surface area contributed by atoms with Gasteiger partial charge in [0.15, 0.2) is 12.4 Å². The maximum Gasteiger partial charge on any atom is 0.335 e. The van der Waals surface area contributed by atoms with Crippen LogP contribution >= 0.6 is 0 Å². The van der Waals surface area contributed by atoms with Crippen molar-refractivity contribution in [1.29, 1.82) is 0 Å². The van der Waals surface area contributed by atoms with Gasteiger partial charge in [-0.3, -0.25) is 0 Å². The number of carboxylic acid groups (broad SMARTS) is 1. The molecule has 0 spiro atoms. The molecule has 1 rings (SSSR count). The van der Waals surface area contributed by atoms with Gasteiger partial charge in [-0.2, -0.15) is 0 Å². The molecule has 0 aliphatic carbocycles. The van der Waals surface area contributed by atoms with E-state index in [0.29, 0.717) is 0 Å². The summed E-state index contributed by atoms with van der Waals surface area (Å²) in [4.78, 5) is 10.5. The number of carboxylic acids is 1. The van der Waals surface area contributed by atoms with E-state index in [-0.39, 0.29) is 0 Å². The quantitative estimate of drug-likeness (QED) is 0.397. The van der Waals surface area contributed by atoms with Crippen LogP contribution in [-0.2, 0) is 14.3 Å². The van der Waals surface area contributed by atoms with Gasteiger partial charge in [0.1, 0.15) is 18.3 Å². The summed E-state index contributed by atoms with van der Waals surface area (Å²) in [5, 5.41) is 36.3. The number of methoxy groups -OCH3 is 1. The predicted octanol–water partition coefficient (Wildman–Crippen LogP) is -2.47. The Bertz CT molecular complexity index is 216. The monoisotopic (exact) mass is 208 g/mol. The smallest absolute Gasteiger partial charge is 0.335 e. The van der Waals surface area contributed by atoms with E-state index in [1.165, 1.54) is 7.11 Å². The maximum atomic E-state index is 10.5. The molecule has 1 heterocycles. The van der Waals surface area contributed by atoms with Gasteiger partial charge in [-0.05, 0) is 0 Å². The van der Waals surface area contributed by atoms with Crippen LogP contribution in [0.2, 0.25) is 0 Å². The summed E-state index contributed by atoms with van der Waals surface area (Å²) in [5.41, 5.74) is 0. The third-order valence-corrected chi connectivity index (χ3v) is 2.05. The molecular formula is C7H12O7. The molecule has 4 N–H and O–H groups in total. The van der Waals surface area contributed by atoms with Crippen LogP contribution in [0, 0.1) is 0 Å². The minimum Gasteiger partial charge on any atom is -0.479 e. The summed E-state index contributed by atoms with van der Waals surface area (Å²) in [6, 6.07) is 0. The molecule has 0 bridgehead atoms. The highest BCUT2D eigenvalue weighted by Crippen LogP contribution is 2.21. The average Bonchev–Trinajstić information content (AvgIpc) is 2.14. The van der Waals surface area contributed by atoms with Gasteiger partial charge in [-0.25, -0.2) is 4.79 Å². The van der Waals surface area contributed by atoms with Crippen LogP contribution in [0.5, 0.6) is 0 Å². The number of hydrogen-bond acceptors (Lipinski definition) is 6. The molecule has 0 radical (unpaired) electrons. The zero-order valence-electron chi connectivity index (χ0n) is 7.40. The molecule has 0 amide bonds. The molecule has 0 saturated carbocycles. The minimum absolute atomic E-state index is 1.19. The third kappa shape index (κ3) is 1.86. The Kier molecular flexibility index (Phi) is 3.40. The predicted molar refractivity (Wildman–Crippen MR) is 41.3 cm³/mol. The number of aliphatic hydroxyl groups is 3. The lowest BCUT2D eigenvalue weighted by Crippen LogP contribution is -2.60. The number of aliphatic hydroxyl groups excluding tert-OH is 3. The summed E-state index contributed by atoms with van der Waals surface area (Å²) in [6.45, 7) is 0. The molecule has 0 aromatic rings. The fourth-order valence-electron chi connectivity index (χ4n) is 1.25. The molecule has 1 aliphatic heterocycles. The van der Waals surface area contributed by atoms with Crippen LogP contribution in [0.4, 0.5) is 0 Å². The molecule has 0 aromatic carbocycles. The highest BCUT2D eigenvalue weighted by molar-refractivity contribution is 5.73. The SMILES string of the molecule is CO[C@@H]1OC(C(=O)O)[C@@H](O)[C@H](O)[C@@H]1O. The van der Waals surface area contributed by atoms with Crippen LogP contribution in [0.3, 0.4) is 0 Å². The van der Waals surface area contributed by atoms with Crippen LogP contribution in [0.15, 0.2) is 0 Å². The van der Waals surface area contributed by atoms with Crippen molar-refractivity contribution in [3.63, 3.8) is 0 Å². The van der Waals surface area contributed by atoms with Crippen molar-refractivity contribution < 1.29 is 34.7 Å². The maximum absolute atomic E-state index is 10.5. The van der Waals surface area contributed by atoms with Crippen molar-refractivity contribution in [2.75, 3.05) is 7.11 Å². The Morgan fingerprint density at radius 3 is 2.21 bits per heavy atom. The largest absolute Gasteiger partial charge is 0.479 e. The second-order valence-corrected chi connectivity index (χ2v) is 2.97. The van der Waals surface area contributed by atoms with Crippen LogP contribution < -0.4 is 0 Å². The highest BCUT2D eigenvalue weighted by atomic mass is 16.7. The fourth-order valence-corrected chi connectivity index (χ4v) is 1.25. The Hall–Kier alpha value is -0.730. The summed E-state index contributed by atoms with van der Waals surface area (Å²) in [6.07, 6.45) is -7.60. The second-order valence-electron chi connectivity index (χ2n) is 2.97. The number of carbonyl (C=O) groups is 1. The first-order valence-electron chi connectivity index (χ1n) is 3.94. The lowest BCUT2D eigenvalue weighted by atomic mass is 9.99. The van der Waals surface area contributed by atoms with E-state index in [0.717, 1.165) is 0 Å². The highest BCUT2D eigenvalue weighted by Gasteiger charge is 2.46. The van der Waals surface area contributed by atoms with Gasteiger partial charge < -0.3 is 29.9 Å². The molecule has 1 aliphatic rings. The van der Waals surface area contributed by atoms with Gasteiger partial charge >= 0.3 is 5.97 Å². The number of aliphatic carboxylic acids is 1. The van der Waals surface area contributed by atoms with E-state index < -0.39 is 36.7 Å². The van der Waals surface area contributed by atoms with Crippen molar-refractivity contribution in [2.24, 2.45) is 0 Å². The molecule has 7 heteroatoms. The van der Waals surface area contributed by atoms with Gasteiger partial charge in [0.2, 0.25) is 0 Å². The first kappa shape index (κ1) is 11.3. The van der Waals surface area contributed by atoms with E-state index in [2.05, 4.69) is 4.74 Å². The summed E-state index contributed by atoms with van der Waals surface area (Å²) < 4.78 is 9.31. The van der Waals surface area contributed by atoms with Crippen molar-refractivity contribution in [3.05, 3.63) is 0 Å². The second kappa shape index (κ2) is 4.20. The van der Waals surface area contributed by atoms with E-state index >= 15 is 0 Å². The van der Waals surface area contributed by atoms with Gasteiger partial charge in [-0.15, -0.1) is 0 Å². The van der Waals surface area contributed by atoms with Crippen molar-refractivity contribution in [1.82, 2.24) is 0 Å². The Labute approximate surface area is 79.5 Å². The molecule has 1 fully saturated rings. The van der Waals surface area contributed by atoms with Crippen LogP contribution in [-0.4, -0.2) is 64.2 Å². The van der Waals surface area contributed by atoms with Crippen molar-refractivity contribution in [2.45, 2.75) is 30.7 Å². The van der Waals surface area contributed by atoms with Gasteiger partial charge in [0.25, 0.3) is 0 Å². The van der Waals surface area contributed by atoms with Gasteiger partial charge in [0.05, 0.1) is 0 Å². The standard InChI is InChI=1S/C7H12O7/c1-13-7-4(10)2(8)3(9)5(14-7)6(11)12/h2-5,7-10H,1H3,(H,11,12)/t2-,3-,4-,5?,7+/m0/s1. The van der Waals surface area contributed by atoms with Crippen LogP contribution in [0.1, 0.15) is 0 Å². The van der Waals surface area contributed by atoms with Gasteiger partial charge in [0, 0.05) is 7.11 Å². The van der Waals surface area contributed by atoms with E-state index in [1.807, 2.05) is 0 Å². The summed E-state index contributed by atoms with van der Waals surface area (Å²) >= 11 is 0. The average molecular weight is 208 g/mol. The zero-order chi connectivity index (χ0) is 10.9. The van der Waals surface area contributed by atoms with Gasteiger partial charge in [-0.1, -0.05) is 0 Å². The third-order valence-electron chi connectivity index (χ3n) is 2.05. The lowest BCUT2D eigenvalue weighted by Gasteiger charge is -2.37. The lowest BCUT2D eigenvalue weighted by molar-refractivity contribution is -0.287. The van der Waals surface area contributed by atoms with Crippen molar-refractivity contribution >= 4 is 5.97 Å². The normalized spacial score (nSPS) is 43.6. The van der Waals surface area contributed by atoms with Crippen LogP contribution in [0.25, 0.3) is 0 Å². The summed E-state index contributed by atoms with van der Waals surface area (Å²) in [5.74, 6) is -1.43. The zero-order valence-corrected chi connectivity index (χ0v) is 7.40. The first-order chi connectivity index (χ1) is 6.49. The Balaban J connectivity index is 2.78. The molecular weight excluding hydrogens is 196 g/mol. The molecule has 1 saturated heterocycles. The topological polar surface area (TPSA) is 116 Å². The first-order valence-corrected chi connectivity index (χ1v) is 3.94. The molecule has 1 unspecified atom stereocenters. The van der Waals surface area contributed by atoms with Crippen molar-refractivity contribution in [3.8, 4) is 0 Å². The Morgan fingerprint density at radius 2 is 1.79 bits per heavy atom. The Morgan fingerprint density at radius 1 is 1.21 bits per heavy atom. The number of rotatable bonds is 2. The molecule has 14 heavy (non-hydrogen) atoms. The molecule has 7 nitrogen and oxygen atoms in total. The summed E-state index contributed by atoms with van der Waals surface area (Å²) in [7, 11) is 1.19. The fraction of sp³-hybridized carbons (Fsp3) is 0.857. The van der Waals surface area contributed by atoms with E-state index in [9.17, 15) is 20.1 Å². The van der Waals surface area contributed by atoms with E-state index in [1.54, 1.807) is 0 Å². The van der Waals surface area contributed by atoms with E-state index in [4.69, 9.17) is 9.84 Å². The minimum atomic E-state index is -1.67. The number of hydrogen-bond donors (Lipinski definition) is 4. The molecule has 82 valence electrons.